The number of halogens is 1. The number of hydrogen-bond donors (Lipinski definition) is 0. The standard InChI is InChI=1S/C17H19FN2O3/c1-22-11-16(21)20-8-4-7-15(20)17-19-10-13(23-17)9-12-5-2-3-6-14(12)18/h2-3,5-6,10,15H,4,7-9,11H2,1H3/t15-/m0/s1. The number of likely N-dealkylation sites (tertiary alicyclic amines) is 1. The number of rotatable bonds is 5. The van der Waals surface area contributed by atoms with Crippen molar-refractivity contribution in [2.24, 2.45) is 0 Å². The van der Waals surface area contributed by atoms with Crippen molar-refractivity contribution < 1.29 is 18.3 Å². The molecule has 0 radical (unpaired) electrons. The Bertz CT molecular complexity index is 686. The van der Waals surface area contributed by atoms with Crippen molar-refractivity contribution in [1.82, 2.24) is 9.88 Å². The number of carbonyl (C=O) groups excluding carboxylic acids is 1. The summed E-state index contributed by atoms with van der Waals surface area (Å²) in [5, 5.41) is 0. The third-order valence-electron chi connectivity index (χ3n) is 4.02. The maximum Gasteiger partial charge on any atom is 0.249 e. The zero-order chi connectivity index (χ0) is 16.2. The van der Waals surface area contributed by atoms with Gasteiger partial charge in [0.2, 0.25) is 11.8 Å². The van der Waals surface area contributed by atoms with E-state index in [9.17, 15) is 9.18 Å². The largest absolute Gasteiger partial charge is 0.443 e. The number of methoxy groups -OCH3 is 1. The molecule has 23 heavy (non-hydrogen) atoms. The number of aromatic nitrogens is 1. The molecule has 0 spiro atoms. The Morgan fingerprint density at radius 3 is 3.09 bits per heavy atom. The van der Waals surface area contributed by atoms with Gasteiger partial charge in [-0.15, -0.1) is 0 Å². The van der Waals surface area contributed by atoms with Gasteiger partial charge in [0.25, 0.3) is 0 Å². The number of oxazole rings is 1. The second-order valence-corrected chi connectivity index (χ2v) is 5.61. The van der Waals surface area contributed by atoms with Crippen LogP contribution in [0.1, 0.15) is 36.1 Å². The summed E-state index contributed by atoms with van der Waals surface area (Å²) in [5.41, 5.74) is 0.564. The second kappa shape index (κ2) is 6.91. The summed E-state index contributed by atoms with van der Waals surface area (Å²) >= 11 is 0. The summed E-state index contributed by atoms with van der Waals surface area (Å²) in [6.07, 6.45) is 3.68. The van der Waals surface area contributed by atoms with Crippen LogP contribution < -0.4 is 0 Å². The number of nitrogens with zero attached hydrogens (tertiary/aromatic N) is 2. The molecule has 5 nitrogen and oxygen atoms in total. The lowest BCUT2D eigenvalue weighted by Crippen LogP contribution is -2.33. The Morgan fingerprint density at radius 2 is 2.30 bits per heavy atom. The van der Waals surface area contributed by atoms with Crippen molar-refractivity contribution >= 4 is 5.91 Å². The van der Waals surface area contributed by atoms with Crippen molar-refractivity contribution in [2.75, 3.05) is 20.3 Å². The molecule has 6 heteroatoms. The highest BCUT2D eigenvalue weighted by Gasteiger charge is 2.33. The van der Waals surface area contributed by atoms with Gasteiger partial charge in [0.15, 0.2) is 0 Å². The molecule has 1 aromatic carbocycles. The summed E-state index contributed by atoms with van der Waals surface area (Å²) in [5.74, 6) is 0.779. The maximum absolute atomic E-state index is 13.7. The van der Waals surface area contributed by atoms with E-state index in [-0.39, 0.29) is 24.4 Å². The topological polar surface area (TPSA) is 55.6 Å². The monoisotopic (exact) mass is 318 g/mol. The molecule has 0 bridgehead atoms. The molecule has 3 rings (SSSR count). The van der Waals surface area contributed by atoms with Crippen LogP contribution in [0.2, 0.25) is 0 Å². The van der Waals surface area contributed by atoms with Crippen molar-refractivity contribution in [3.8, 4) is 0 Å². The minimum absolute atomic E-state index is 0.0549. The Morgan fingerprint density at radius 1 is 1.48 bits per heavy atom. The minimum atomic E-state index is -0.261. The zero-order valence-electron chi connectivity index (χ0n) is 13.0. The van der Waals surface area contributed by atoms with E-state index in [4.69, 9.17) is 9.15 Å². The maximum atomic E-state index is 13.7. The predicted octanol–water partition coefficient (Wildman–Crippen LogP) is 2.71. The number of hydrogen-bond acceptors (Lipinski definition) is 4. The molecule has 0 N–H and O–H groups in total. The van der Waals surface area contributed by atoms with E-state index >= 15 is 0 Å². The van der Waals surface area contributed by atoms with E-state index in [0.29, 0.717) is 30.2 Å². The Labute approximate surface area is 134 Å². The Balaban J connectivity index is 1.74. The van der Waals surface area contributed by atoms with Gasteiger partial charge in [0, 0.05) is 20.1 Å². The number of carbonyl (C=O) groups is 1. The van der Waals surface area contributed by atoms with Gasteiger partial charge in [-0.25, -0.2) is 9.37 Å². The molecule has 1 atom stereocenters. The zero-order valence-corrected chi connectivity index (χ0v) is 13.0. The third kappa shape index (κ3) is 3.42. The smallest absolute Gasteiger partial charge is 0.249 e. The summed E-state index contributed by atoms with van der Waals surface area (Å²) in [4.78, 5) is 18.1. The fourth-order valence-electron chi connectivity index (χ4n) is 2.92. The number of ether oxygens (including phenoxy) is 1. The first-order valence-electron chi connectivity index (χ1n) is 7.65. The lowest BCUT2D eigenvalue weighted by molar-refractivity contribution is -0.136. The van der Waals surface area contributed by atoms with Crippen LogP contribution in [-0.4, -0.2) is 36.1 Å². The molecule has 2 aromatic rings. The van der Waals surface area contributed by atoms with Gasteiger partial charge in [-0.3, -0.25) is 4.79 Å². The molecular formula is C17H19FN2O3. The summed E-state index contributed by atoms with van der Waals surface area (Å²) in [6.45, 7) is 0.733. The highest BCUT2D eigenvalue weighted by atomic mass is 19.1. The Hall–Kier alpha value is -2.21. The number of amides is 1. The first kappa shape index (κ1) is 15.7. The first-order chi connectivity index (χ1) is 11.2. The fourth-order valence-corrected chi connectivity index (χ4v) is 2.92. The van der Waals surface area contributed by atoms with Crippen LogP contribution in [0.5, 0.6) is 0 Å². The van der Waals surface area contributed by atoms with Crippen molar-refractivity contribution in [3.05, 3.63) is 53.5 Å². The molecule has 1 aliphatic heterocycles. The van der Waals surface area contributed by atoms with Crippen LogP contribution in [0.3, 0.4) is 0 Å². The van der Waals surface area contributed by atoms with Gasteiger partial charge < -0.3 is 14.1 Å². The van der Waals surface area contributed by atoms with E-state index in [0.717, 1.165) is 12.8 Å². The SMILES string of the molecule is COCC(=O)N1CCC[C@H]1c1ncc(Cc2ccccc2F)o1. The predicted molar refractivity (Wildman–Crippen MR) is 81.3 cm³/mol. The fraction of sp³-hybridized carbons (Fsp3) is 0.412. The van der Waals surface area contributed by atoms with Crippen LogP contribution in [0.4, 0.5) is 4.39 Å². The molecule has 1 aliphatic rings. The van der Waals surface area contributed by atoms with E-state index in [1.54, 1.807) is 29.3 Å². The van der Waals surface area contributed by atoms with E-state index < -0.39 is 0 Å². The van der Waals surface area contributed by atoms with Gasteiger partial charge in [-0.05, 0) is 24.5 Å². The molecule has 2 heterocycles. The minimum Gasteiger partial charge on any atom is -0.443 e. The van der Waals surface area contributed by atoms with Gasteiger partial charge in [-0.1, -0.05) is 18.2 Å². The van der Waals surface area contributed by atoms with E-state index in [2.05, 4.69) is 4.98 Å². The lowest BCUT2D eigenvalue weighted by atomic mass is 10.1. The molecule has 1 saturated heterocycles. The summed E-state index contributed by atoms with van der Waals surface area (Å²) < 4.78 is 24.4. The van der Waals surface area contributed by atoms with Crippen molar-refractivity contribution in [3.63, 3.8) is 0 Å². The summed E-state index contributed by atoms with van der Waals surface area (Å²) in [6, 6.07) is 6.43. The third-order valence-corrected chi connectivity index (χ3v) is 4.02. The quantitative estimate of drug-likeness (QED) is 0.850. The molecule has 1 aromatic heterocycles. The van der Waals surface area contributed by atoms with Gasteiger partial charge in [0.05, 0.1) is 6.20 Å². The van der Waals surface area contributed by atoms with Crippen LogP contribution in [-0.2, 0) is 16.0 Å². The van der Waals surface area contributed by atoms with E-state index in [1.165, 1.54) is 13.2 Å². The second-order valence-electron chi connectivity index (χ2n) is 5.61. The normalized spacial score (nSPS) is 17.7. The van der Waals surface area contributed by atoms with E-state index in [1.807, 2.05) is 0 Å². The average molecular weight is 318 g/mol. The van der Waals surface area contributed by atoms with Gasteiger partial charge in [-0.2, -0.15) is 0 Å². The molecule has 0 saturated carbocycles. The lowest BCUT2D eigenvalue weighted by Gasteiger charge is -2.21. The Kier molecular flexibility index (Phi) is 4.71. The molecule has 0 aliphatic carbocycles. The summed E-state index contributed by atoms with van der Waals surface area (Å²) in [7, 11) is 1.50. The number of benzene rings is 1. The van der Waals surface area contributed by atoms with Gasteiger partial charge in [0.1, 0.15) is 24.2 Å². The van der Waals surface area contributed by atoms with Crippen LogP contribution >= 0.6 is 0 Å². The highest BCUT2D eigenvalue weighted by Crippen LogP contribution is 2.32. The molecule has 1 amide bonds. The first-order valence-corrected chi connectivity index (χ1v) is 7.65. The highest BCUT2D eigenvalue weighted by molar-refractivity contribution is 5.78. The van der Waals surface area contributed by atoms with Crippen LogP contribution in [0.15, 0.2) is 34.9 Å². The van der Waals surface area contributed by atoms with Crippen LogP contribution in [0, 0.1) is 5.82 Å². The molecular weight excluding hydrogens is 299 g/mol. The van der Waals surface area contributed by atoms with Gasteiger partial charge >= 0.3 is 0 Å². The molecule has 1 fully saturated rings. The average Bonchev–Trinajstić information content (AvgIpc) is 3.18. The van der Waals surface area contributed by atoms with Crippen molar-refractivity contribution in [2.45, 2.75) is 25.3 Å². The van der Waals surface area contributed by atoms with Crippen LogP contribution in [0.25, 0.3) is 0 Å². The van der Waals surface area contributed by atoms with Crippen molar-refractivity contribution in [1.29, 1.82) is 0 Å². The molecule has 122 valence electrons. The molecule has 0 unspecified atom stereocenters.